The van der Waals surface area contributed by atoms with Gasteiger partial charge in [0.15, 0.2) is 5.76 Å². The van der Waals surface area contributed by atoms with Crippen molar-refractivity contribution in [2.24, 2.45) is 0 Å². The highest BCUT2D eigenvalue weighted by Gasteiger charge is 2.08. The molecule has 1 aromatic carbocycles. The van der Waals surface area contributed by atoms with Crippen molar-refractivity contribution in [1.82, 2.24) is 20.4 Å². The van der Waals surface area contributed by atoms with Crippen LogP contribution < -0.4 is 10.6 Å². The van der Waals surface area contributed by atoms with Crippen LogP contribution in [0.15, 0.2) is 65.5 Å². The Balaban J connectivity index is 1.42. The van der Waals surface area contributed by atoms with Gasteiger partial charge in [0.25, 0.3) is 11.8 Å². The number of carbonyl (C=O) groups is 2. The molecule has 2 N–H and O–H groups in total. The molecule has 0 spiro atoms. The SMILES string of the molecule is O=C(NCCNC(=O)c1ccco1)c1ccc(Cn2cccn2)cc1. The number of aromatic nitrogens is 2. The molecule has 7 nitrogen and oxygen atoms in total. The second-order valence-electron chi connectivity index (χ2n) is 5.39. The smallest absolute Gasteiger partial charge is 0.287 e. The van der Waals surface area contributed by atoms with Crippen molar-refractivity contribution in [3.05, 3.63) is 78.0 Å². The van der Waals surface area contributed by atoms with E-state index in [1.165, 1.54) is 6.26 Å². The van der Waals surface area contributed by atoms with Crippen LogP contribution in [0.2, 0.25) is 0 Å². The van der Waals surface area contributed by atoms with E-state index in [1.54, 1.807) is 30.5 Å². The number of hydrogen-bond donors (Lipinski definition) is 2. The molecule has 0 aliphatic heterocycles. The third-order valence-electron chi connectivity index (χ3n) is 3.56. The van der Waals surface area contributed by atoms with Gasteiger partial charge in [-0.3, -0.25) is 14.3 Å². The third kappa shape index (κ3) is 4.57. The molecule has 0 bridgehead atoms. The zero-order valence-electron chi connectivity index (χ0n) is 13.5. The monoisotopic (exact) mass is 338 g/mol. The van der Waals surface area contributed by atoms with E-state index in [4.69, 9.17) is 4.42 Å². The van der Waals surface area contributed by atoms with Crippen molar-refractivity contribution in [2.75, 3.05) is 13.1 Å². The standard InChI is InChI=1S/C18H18N4O3/c23-17(19-9-10-20-18(24)16-3-1-12-25-16)15-6-4-14(5-7-15)13-22-11-2-8-21-22/h1-8,11-12H,9-10,13H2,(H,19,23)(H,20,24). The molecule has 0 atom stereocenters. The van der Waals surface area contributed by atoms with Crippen LogP contribution in [0.5, 0.6) is 0 Å². The van der Waals surface area contributed by atoms with Gasteiger partial charge in [-0.1, -0.05) is 12.1 Å². The van der Waals surface area contributed by atoms with Crippen LogP contribution in [0.3, 0.4) is 0 Å². The lowest BCUT2D eigenvalue weighted by atomic mass is 10.1. The normalized spacial score (nSPS) is 10.4. The molecule has 25 heavy (non-hydrogen) atoms. The Bertz CT molecular complexity index is 809. The third-order valence-corrected chi connectivity index (χ3v) is 3.56. The van der Waals surface area contributed by atoms with E-state index in [2.05, 4.69) is 15.7 Å². The number of nitrogens with one attached hydrogen (secondary N) is 2. The van der Waals surface area contributed by atoms with Crippen LogP contribution in [0.1, 0.15) is 26.5 Å². The van der Waals surface area contributed by atoms with Gasteiger partial charge in [-0.2, -0.15) is 5.10 Å². The molecule has 2 heterocycles. The van der Waals surface area contributed by atoms with Crippen LogP contribution in [0, 0.1) is 0 Å². The van der Waals surface area contributed by atoms with Gasteiger partial charge in [0, 0.05) is 31.0 Å². The largest absolute Gasteiger partial charge is 0.459 e. The molecule has 0 saturated carbocycles. The molecule has 0 aliphatic carbocycles. The Labute approximate surface area is 144 Å². The highest BCUT2D eigenvalue weighted by molar-refractivity contribution is 5.94. The average molecular weight is 338 g/mol. The highest BCUT2D eigenvalue weighted by atomic mass is 16.3. The van der Waals surface area contributed by atoms with Crippen molar-refractivity contribution in [3.8, 4) is 0 Å². The molecule has 128 valence electrons. The number of carbonyl (C=O) groups excluding carboxylic acids is 2. The Morgan fingerprint density at radius 1 is 1.00 bits per heavy atom. The zero-order chi connectivity index (χ0) is 17.5. The van der Waals surface area contributed by atoms with Crippen LogP contribution in [-0.4, -0.2) is 34.7 Å². The van der Waals surface area contributed by atoms with Gasteiger partial charge in [-0.05, 0) is 35.9 Å². The van der Waals surface area contributed by atoms with Gasteiger partial charge in [0.2, 0.25) is 0 Å². The molecule has 2 amide bonds. The fraction of sp³-hybridized carbons (Fsp3) is 0.167. The Kier molecular flexibility index (Phi) is 5.26. The van der Waals surface area contributed by atoms with Gasteiger partial charge in [0.1, 0.15) is 0 Å². The van der Waals surface area contributed by atoms with E-state index in [0.29, 0.717) is 25.2 Å². The van der Waals surface area contributed by atoms with Gasteiger partial charge in [-0.15, -0.1) is 0 Å². The zero-order valence-corrected chi connectivity index (χ0v) is 13.5. The lowest BCUT2D eigenvalue weighted by Crippen LogP contribution is -2.34. The Morgan fingerprint density at radius 3 is 2.40 bits per heavy atom. The summed E-state index contributed by atoms with van der Waals surface area (Å²) in [5.41, 5.74) is 1.63. The fourth-order valence-electron chi connectivity index (χ4n) is 2.29. The predicted octanol–water partition coefficient (Wildman–Crippen LogP) is 1.68. The van der Waals surface area contributed by atoms with Crippen LogP contribution >= 0.6 is 0 Å². The van der Waals surface area contributed by atoms with Crippen molar-refractivity contribution < 1.29 is 14.0 Å². The summed E-state index contributed by atoms with van der Waals surface area (Å²) in [6.07, 6.45) is 5.05. The molecule has 3 rings (SSSR count). The lowest BCUT2D eigenvalue weighted by molar-refractivity contribution is 0.0910. The summed E-state index contributed by atoms with van der Waals surface area (Å²) in [5.74, 6) is -0.237. The van der Waals surface area contributed by atoms with E-state index in [-0.39, 0.29) is 17.6 Å². The number of nitrogens with zero attached hydrogens (tertiary/aromatic N) is 2. The number of benzene rings is 1. The highest BCUT2D eigenvalue weighted by Crippen LogP contribution is 2.06. The molecule has 0 saturated heterocycles. The maximum absolute atomic E-state index is 12.1. The predicted molar refractivity (Wildman–Crippen MR) is 91.1 cm³/mol. The molecule has 2 aromatic heterocycles. The Hall–Kier alpha value is -3.35. The van der Waals surface area contributed by atoms with Crippen molar-refractivity contribution in [2.45, 2.75) is 6.54 Å². The van der Waals surface area contributed by atoms with Crippen molar-refractivity contribution in [1.29, 1.82) is 0 Å². The minimum Gasteiger partial charge on any atom is -0.459 e. The van der Waals surface area contributed by atoms with Crippen molar-refractivity contribution in [3.63, 3.8) is 0 Å². The number of amides is 2. The fourth-order valence-corrected chi connectivity index (χ4v) is 2.29. The summed E-state index contributed by atoms with van der Waals surface area (Å²) < 4.78 is 6.80. The second kappa shape index (κ2) is 7.96. The molecule has 3 aromatic rings. The summed E-state index contributed by atoms with van der Waals surface area (Å²) in [6.45, 7) is 1.32. The van der Waals surface area contributed by atoms with E-state index >= 15 is 0 Å². The summed E-state index contributed by atoms with van der Waals surface area (Å²) >= 11 is 0. The number of hydrogen-bond acceptors (Lipinski definition) is 4. The first-order valence-electron chi connectivity index (χ1n) is 7.88. The molecule has 0 radical (unpaired) electrons. The van der Waals surface area contributed by atoms with Gasteiger partial charge in [-0.25, -0.2) is 0 Å². The first-order valence-corrected chi connectivity index (χ1v) is 7.88. The lowest BCUT2D eigenvalue weighted by Gasteiger charge is -2.07. The molecular weight excluding hydrogens is 320 g/mol. The van der Waals surface area contributed by atoms with Gasteiger partial charge >= 0.3 is 0 Å². The maximum atomic E-state index is 12.1. The van der Waals surface area contributed by atoms with Gasteiger partial charge < -0.3 is 15.1 Å². The first kappa shape index (κ1) is 16.5. The summed E-state index contributed by atoms with van der Waals surface area (Å²) in [4.78, 5) is 23.8. The summed E-state index contributed by atoms with van der Waals surface area (Å²) in [5, 5.41) is 9.58. The number of furan rings is 1. The minimum atomic E-state index is -0.303. The molecule has 7 heteroatoms. The molecule has 0 aliphatic rings. The van der Waals surface area contributed by atoms with Gasteiger partial charge in [0.05, 0.1) is 12.8 Å². The van der Waals surface area contributed by atoms with Crippen LogP contribution in [0.25, 0.3) is 0 Å². The minimum absolute atomic E-state index is 0.183. The van der Waals surface area contributed by atoms with E-state index < -0.39 is 0 Å². The van der Waals surface area contributed by atoms with E-state index in [1.807, 2.05) is 29.1 Å². The topological polar surface area (TPSA) is 89.2 Å². The summed E-state index contributed by atoms with van der Waals surface area (Å²) in [6, 6.07) is 12.4. The van der Waals surface area contributed by atoms with E-state index in [0.717, 1.165) is 5.56 Å². The number of rotatable bonds is 7. The van der Waals surface area contributed by atoms with Crippen molar-refractivity contribution >= 4 is 11.8 Å². The molecule has 0 fully saturated rings. The molecule has 0 unspecified atom stereocenters. The molecular formula is C18H18N4O3. The second-order valence-corrected chi connectivity index (χ2v) is 5.39. The summed E-state index contributed by atoms with van der Waals surface area (Å²) in [7, 11) is 0. The van der Waals surface area contributed by atoms with Crippen LogP contribution in [0.4, 0.5) is 0 Å². The van der Waals surface area contributed by atoms with E-state index in [9.17, 15) is 9.59 Å². The maximum Gasteiger partial charge on any atom is 0.287 e. The Morgan fingerprint density at radius 2 is 1.76 bits per heavy atom. The first-order chi connectivity index (χ1) is 12.2. The quantitative estimate of drug-likeness (QED) is 0.642. The van der Waals surface area contributed by atoms with Crippen LogP contribution in [-0.2, 0) is 6.54 Å². The average Bonchev–Trinajstić information content (AvgIpc) is 3.32.